The first-order valence-corrected chi connectivity index (χ1v) is 14.3. The van der Waals surface area contributed by atoms with Crippen molar-refractivity contribution in [2.75, 3.05) is 25.1 Å². The van der Waals surface area contributed by atoms with Gasteiger partial charge in [0.15, 0.2) is 5.82 Å². The molecule has 3 aromatic rings. The molecule has 1 aliphatic heterocycles. The highest BCUT2D eigenvalue weighted by atomic mass is 35.5. The summed E-state index contributed by atoms with van der Waals surface area (Å²) in [6.45, 7) is 3.96. The van der Waals surface area contributed by atoms with Crippen molar-refractivity contribution in [3.8, 4) is 17.3 Å². The molecule has 0 saturated carbocycles. The molecule has 0 bridgehead atoms. The number of anilines is 1. The lowest BCUT2D eigenvalue weighted by atomic mass is 10.1. The SMILES string of the molecule is Cc1nc(OCC2=C(Cl)CCC=C2F)c(F)cc1CN1Cc2ccc(-c3ncc(N(C)CCC(=O)NC=O)n3C)cc2C1.[HH]. The Morgan fingerprint density at radius 1 is 1.26 bits per heavy atom. The molecule has 9 nitrogen and oxygen atoms in total. The van der Waals surface area contributed by atoms with Gasteiger partial charge in [-0.15, -0.1) is 0 Å². The molecule has 0 saturated heterocycles. The summed E-state index contributed by atoms with van der Waals surface area (Å²) in [5, 5.41) is 2.54. The monoisotopic (exact) mass is 612 g/mol. The van der Waals surface area contributed by atoms with Crippen molar-refractivity contribution in [1.82, 2.24) is 24.8 Å². The number of hydrogen-bond acceptors (Lipinski definition) is 7. The maximum Gasteiger partial charge on any atom is 0.250 e. The second kappa shape index (κ2) is 13.0. The molecule has 5 rings (SSSR count). The van der Waals surface area contributed by atoms with E-state index in [1.807, 2.05) is 29.6 Å². The number of nitrogens with one attached hydrogen (secondary N) is 1. The summed E-state index contributed by atoms with van der Waals surface area (Å²) in [6, 6.07) is 7.69. The summed E-state index contributed by atoms with van der Waals surface area (Å²) >= 11 is 6.14. The Morgan fingerprint density at radius 2 is 2.05 bits per heavy atom. The number of aromatic nitrogens is 3. The van der Waals surface area contributed by atoms with Crippen LogP contribution in [0, 0.1) is 12.7 Å². The molecule has 1 N–H and O–H groups in total. The number of carbonyl (C=O) groups is 2. The van der Waals surface area contributed by atoms with Crippen LogP contribution in [0.1, 0.15) is 43.1 Å². The van der Waals surface area contributed by atoms with Crippen molar-refractivity contribution in [2.45, 2.75) is 45.8 Å². The van der Waals surface area contributed by atoms with E-state index in [1.165, 1.54) is 23.3 Å². The van der Waals surface area contributed by atoms with E-state index in [-0.39, 0.29) is 31.8 Å². The molecular weight excluding hydrogens is 578 g/mol. The standard InChI is InChI=1S/C31H33ClF2N6O3.H2/c1-19-22(12-27(34)31(37-19)43-17-24-25(32)5-4-6-26(24)33)15-40-14-21-8-7-20(11-23(21)16-40)30-35-13-29(39(30)3)38(2)10-9-28(42)36-18-41;/h6-8,11-13,18H,4-5,9-10,14-17H2,1-3H3,(H,36,41,42);1H. The number of imidazole rings is 1. The number of amides is 2. The van der Waals surface area contributed by atoms with E-state index < -0.39 is 11.6 Å². The fourth-order valence-corrected chi connectivity index (χ4v) is 5.63. The highest BCUT2D eigenvalue weighted by Crippen LogP contribution is 2.32. The molecule has 228 valence electrons. The number of allylic oxidation sites excluding steroid dienone is 2. The van der Waals surface area contributed by atoms with Crippen molar-refractivity contribution in [3.05, 3.63) is 81.2 Å². The summed E-state index contributed by atoms with van der Waals surface area (Å²) in [6.07, 6.45) is 4.85. The lowest BCUT2D eigenvalue weighted by Gasteiger charge is -2.19. The number of nitrogens with zero attached hydrogens (tertiary/aromatic N) is 5. The number of rotatable bonds is 11. The number of hydrogen-bond donors (Lipinski definition) is 1. The van der Waals surface area contributed by atoms with E-state index in [0.29, 0.717) is 56.2 Å². The Hall–Kier alpha value is -4.09. The minimum Gasteiger partial charge on any atom is -0.471 e. The van der Waals surface area contributed by atoms with Gasteiger partial charge in [-0.1, -0.05) is 23.7 Å². The van der Waals surface area contributed by atoms with Gasteiger partial charge in [0.1, 0.15) is 24.1 Å². The van der Waals surface area contributed by atoms with Crippen LogP contribution >= 0.6 is 11.6 Å². The fourth-order valence-electron chi connectivity index (χ4n) is 5.38. The summed E-state index contributed by atoms with van der Waals surface area (Å²) in [5.74, 6) is 0.0899. The molecule has 2 aliphatic rings. The molecule has 0 radical (unpaired) electrons. The van der Waals surface area contributed by atoms with Crippen molar-refractivity contribution >= 4 is 29.7 Å². The van der Waals surface area contributed by atoms with Crippen LogP contribution in [-0.4, -0.2) is 52.0 Å². The number of pyridine rings is 1. The average Bonchev–Trinajstić information content (AvgIpc) is 3.56. The molecule has 0 unspecified atom stereocenters. The smallest absolute Gasteiger partial charge is 0.250 e. The molecule has 2 amide bonds. The second-order valence-electron chi connectivity index (χ2n) is 10.8. The van der Waals surface area contributed by atoms with Crippen LogP contribution < -0.4 is 15.0 Å². The third-order valence-electron chi connectivity index (χ3n) is 7.79. The molecule has 0 spiro atoms. The van der Waals surface area contributed by atoms with E-state index in [0.717, 1.165) is 22.8 Å². The Labute approximate surface area is 255 Å². The average molecular weight is 613 g/mol. The number of aryl methyl sites for hydroxylation is 1. The lowest BCUT2D eigenvalue weighted by molar-refractivity contribution is -0.125. The van der Waals surface area contributed by atoms with E-state index in [1.54, 1.807) is 13.1 Å². The lowest BCUT2D eigenvalue weighted by Crippen LogP contribution is -2.28. The van der Waals surface area contributed by atoms with Crippen LogP contribution in [0.3, 0.4) is 0 Å². The Bertz CT molecular complexity index is 1630. The Morgan fingerprint density at radius 3 is 2.81 bits per heavy atom. The Balaban J connectivity index is 0.00000442. The van der Waals surface area contributed by atoms with Crippen LogP contribution in [0.2, 0.25) is 0 Å². The maximum atomic E-state index is 15.0. The van der Waals surface area contributed by atoms with Gasteiger partial charge in [0.05, 0.1) is 6.20 Å². The molecule has 43 heavy (non-hydrogen) atoms. The number of halogens is 3. The maximum absolute atomic E-state index is 15.0. The third kappa shape index (κ3) is 6.78. The van der Waals surface area contributed by atoms with Crippen LogP contribution in [0.15, 0.2) is 53.0 Å². The van der Waals surface area contributed by atoms with Gasteiger partial charge in [0, 0.05) is 70.0 Å². The molecule has 0 atom stereocenters. The van der Waals surface area contributed by atoms with Crippen LogP contribution in [0.25, 0.3) is 11.4 Å². The molecule has 1 aliphatic carbocycles. The largest absolute Gasteiger partial charge is 0.471 e. The molecular formula is C31H35ClF2N6O3. The predicted molar refractivity (Wildman–Crippen MR) is 162 cm³/mol. The number of imide groups is 1. The molecule has 2 aromatic heterocycles. The Kier molecular flexibility index (Phi) is 9.22. The highest BCUT2D eigenvalue weighted by Gasteiger charge is 2.23. The van der Waals surface area contributed by atoms with Crippen molar-refractivity contribution in [1.29, 1.82) is 0 Å². The molecule has 0 fully saturated rings. The van der Waals surface area contributed by atoms with Gasteiger partial charge in [-0.25, -0.2) is 18.7 Å². The topological polar surface area (TPSA) is 92.6 Å². The first-order valence-electron chi connectivity index (χ1n) is 14.0. The summed E-state index contributed by atoms with van der Waals surface area (Å²) in [4.78, 5) is 35.2. The van der Waals surface area contributed by atoms with Crippen LogP contribution in [-0.2, 0) is 36.3 Å². The predicted octanol–water partition coefficient (Wildman–Crippen LogP) is 5.31. The minimum atomic E-state index is -0.601. The molecule has 12 heteroatoms. The van der Waals surface area contributed by atoms with Crippen molar-refractivity contribution < 1.29 is 24.5 Å². The normalized spacial score (nSPS) is 14.9. The van der Waals surface area contributed by atoms with Crippen molar-refractivity contribution in [2.24, 2.45) is 7.05 Å². The molecule has 3 heterocycles. The zero-order chi connectivity index (χ0) is 30.7. The van der Waals surface area contributed by atoms with E-state index in [4.69, 9.17) is 16.3 Å². The van der Waals surface area contributed by atoms with Gasteiger partial charge in [0.25, 0.3) is 5.88 Å². The summed E-state index contributed by atoms with van der Waals surface area (Å²) < 4.78 is 36.6. The van der Waals surface area contributed by atoms with Gasteiger partial charge in [0.2, 0.25) is 12.3 Å². The first-order chi connectivity index (χ1) is 20.6. The van der Waals surface area contributed by atoms with E-state index in [9.17, 15) is 18.4 Å². The van der Waals surface area contributed by atoms with Gasteiger partial charge < -0.3 is 14.2 Å². The van der Waals surface area contributed by atoms with E-state index >= 15 is 0 Å². The second-order valence-corrected chi connectivity index (χ2v) is 11.2. The van der Waals surface area contributed by atoms with Gasteiger partial charge in [-0.2, -0.15) is 0 Å². The van der Waals surface area contributed by atoms with Crippen molar-refractivity contribution in [3.63, 3.8) is 0 Å². The number of carbonyl (C=O) groups excluding carboxylic acids is 2. The van der Waals surface area contributed by atoms with Crippen LogP contribution in [0.5, 0.6) is 5.88 Å². The quantitative estimate of drug-likeness (QED) is 0.294. The fraction of sp³-hybridized carbons (Fsp3) is 0.355. The van der Waals surface area contributed by atoms with Crippen LogP contribution in [0.4, 0.5) is 14.6 Å². The van der Waals surface area contributed by atoms with Gasteiger partial charge in [-0.3, -0.25) is 19.8 Å². The third-order valence-corrected chi connectivity index (χ3v) is 8.21. The minimum absolute atomic E-state index is 0. The highest BCUT2D eigenvalue weighted by molar-refractivity contribution is 6.30. The zero-order valence-electron chi connectivity index (χ0n) is 24.3. The summed E-state index contributed by atoms with van der Waals surface area (Å²) in [5.41, 5.74) is 4.94. The molecule has 1 aromatic carbocycles. The number of ether oxygens (including phenoxy) is 1. The number of benzene rings is 1. The zero-order valence-corrected chi connectivity index (χ0v) is 25.0. The summed E-state index contributed by atoms with van der Waals surface area (Å²) in [7, 11) is 3.79. The van der Waals surface area contributed by atoms with Gasteiger partial charge in [-0.05, 0) is 54.7 Å². The first kappa shape index (κ1) is 30.4. The van der Waals surface area contributed by atoms with E-state index in [2.05, 4.69) is 32.3 Å². The number of fused-ring (bicyclic) bond motifs is 1. The van der Waals surface area contributed by atoms with Gasteiger partial charge >= 0.3 is 0 Å².